The second kappa shape index (κ2) is 33.5. The van der Waals surface area contributed by atoms with E-state index in [0.29, 0.717) is 28.5 Å². The molecule has 0 radical (unpaired) electrons. The van der Waals surface area contributed by atoms with Crippen LogP contribution < -0.4 is 33.3 Å². The van der Waals surface area contributed by atoms with Crippen molar-refractivity contribution in [2.45, 2.75) is 101 Å². The maximum atomic E-state index is 13.5. The third-order valence-electron chi connectivity index (χ3n) is 18.3. The quantitative estimate of drug-likeness (QED) is 0.0107. The van der Waals surface area contributed by atoms with Crippen molar-refractivity contribution in [1.82, 2.24) is 19.8 Å². The number of fused-ring (bicyclic) bond motifs is 4. The highest BCUT2D eigenvalue weighted by Crippen LogP contribution is 2.48. The smallest absolute Gasteiger partial charge is 0.352 e. The number of halogens is 2. The molecule has 6 aliphatic heterocycles. The Morgan fingerprint density at radius 3 is 1.43 bits per heavy atom. The van der Waals surface area contributed by atoms with E-state index in [1.165, 1.54) is 82.2 Å². The number of alkyl halides is 1. The molecule has 6 aliphatic rings. The first kappa shape index (κ1) is 80.5. The number of nitrogens with two attached hydrogens (primary N) is 2. The highest BCUT2D eigenvalue weighted by atomic mass is 79.9. The molecule has 560 valence electrons. The van der Waals surface area contributed by atoms with Crippen LogP contribution in [0.1, 0.15) is 96.4 Å². The van der Waals surface area contributed by atoms with Gasteiger partial charge in [0.05, 0.1) is 49.8 Å². The number of phenolic OH excluding ortho intramolecular Hbond substituents is 4. The number of carbonyl (C=O) groups excluding carboxylic acids is 4. The SMILES string of the molecule is CC(C)(O/N=C(\C(=O)C[C@@H]1C(=O)N2C(C(=O)O)=C(C=Cc3ccc(CCl)cc3)CS[C@H]12)c1csc(N)n1)C(=O)O.CC(C)(O/N=C(\C(=O)C[C@@H]1C(=O)N2C(C(=O)O)=C(C=Cc3ccc(C[N+]4(C)CCc5cc(O)c(O)cc5C4)cc3)CS[C@H]12)c1csc(N)n1)C(=O)O.C[NH+]1CCc2cc(O)c(O)cc2C1.[Br-]. The summed E-state index contributed by atoms with van der Waals surface area (Å²) in [6.45, 7) is 9.45. The number of thiazole rings is 2. The van der Waals surface area contributed by atoms with E-state index in [1.807, 2.05) is 48.5 Å². The van der Waals surface area contributed by atoms with Gasteiger partial charge in [-0.2, -0.15) is 0 Å². The van der Waals surface area contributed by atoms with Crippen LogP contribution in [0.5, 0.6) is 23.0 Å². The molecule has 2 fully saturated rings. The number of carboxylic acids is 4. The van der Waals surface area contributed by atoms with Gasteiger partial charge in [0.25, 0.3) is 0 Å². The number of anilines is 2. The molecule has 106 heavy (non-hydrogen) atoms. The number of nitrogens with one attached hydrogen (secondary N) is 1. The van der Waals surface area contributed by atoms with E-state index in [-0.39, 0.29) is 97.3 Å². The summed E-state index contributed by atoms with van der Waals surface area (Å²) in [6, 6.07) is 22.1. The summed E-state index contributed by atoms with van der Waals surface area (Å²) in [7, 11) is 4.29. The van der Waals surface area contributed by atoms with Crippen LogP contribution in [0.2, 0.25) is 0 Å². The fraction of sp³-hybridized carbons (Fsp3) is 0.333. The lowest BCUT2D eigenvalue weighted by Crippen LogP contribution is -3.08. The van der Waals surface area contributed by atoms with Crippen LogP contribution in [-0.2, 0) is 86.4 Å². The van der Waals surface area contributed by atoms with E-state index >= 15 is 0 Å². The zero-order valence-corrected chi connectivity index (χ0v) is 63.6. The topological polar surface area (TPSA) is 430 Å². The first-order valence-corrected chi connectivity index (χ1v) is 37.2. The van der Waals surface area contributed by atoms with E-state index in [9.17, 15) is 79.2 Å². The second-order valence-electron chi connectivity index (χ2n) is 27.0. The van der Waals surface area contributed by atoms with E-state index in [4.69, 9.17) is 32.7 Å². The van der Waals surface area contributed by atoms with Crippen LogP contribution >= 0.6 is 57.8 Å². The zero-order valence-electron chi connectivity index (χ0n) is 58.0. The number of aromatic nitrogens is 2. The number of amides is 2. The summed E-state index contributed by atoms with van der Waals surface area (Å²) in [5.74, 6) is -8.26. The van der Waals surface area contributed by atoms with Crippen LogP contribution in [-0.4, -0.2) is 184 Å². The third kappa shape index (κ3) is 18.4. The number of benzene rings is 4. The van der Waals surface area contributed by atoms with Crippen molar-refractivity contribution in [1.29, 1.82) is 0 Å². The Hall–Kier alpha value is -9.61. The number of quaternary nitrogens is 2. The van der Waals surface area contributed by atoms with Crippen molar-refractivity contribution in [2.24, 2.45) is 22.1 Å². The highest BCUT2D eigenvalue weighted by Gasteiger charge is 2.56. The van der Waals surface area contributed by atoms with E-state index < -0.39 is 81.0 Å². The van der Waals surface area contributed by atoms with Gasteiger partial charge in [-0.15, -0.1) is 57.8 Å². The van der Waals surface area contributed by atoms with Gasteiger partial charge in [0.1, 0.15) is 42.4 Å². The lowest BCUT2D eigenvalue weighted by Gasteiger charge is -2.49. The summed E-state index contributed by atoms with van der Waals surface area (Å²) in [4.78, 5) is 123. The Morgan fingerprint density at radius 1 is 0.632 bits per heavy atom. The Balaban J connectivity index is 0.000000212. The summed E-state index contributed by atoms with van der Waals surface area (Å²) < 4.78 is 0.737. The monoisotopic (exact) mass is 1610 g/mol. The van der Waals surface area contributed by atoms with Crippen molar-refractivity contribution >= 4 is 139 Å². The molecule has 6 atom stereocenters. The number of oxime groups is 2. The number of phenols is 4. The molecule has 0 aliphatic carbocycles. The molecule has 2 amide bonds. The number of nitrogens with zero attached hydrogens (tertiary/aromatic N) is 7. The van der Waals surface area contributed by atoms with Crippen molar-refractivity contribution in [3.8, 4) is 23.0 Å². The molecule has 0 bridgehead atoms. The molecule has 8 heterocycles. The van der Waals surface area contributed by atoms with Gasteiger partial charge in [-0.3, -0.25) is 29.0 Å². The number of Topliss-reactive ketones (excluding diaryl/α,β-unsaturated/α-hetero) is 2. The molecule has 0 saturated carbocycles. The molecule has 4 aromatic carbocycles. The minimum atomic E-state index is -1.75. The number of likely N-dealkylation sites (N-methyl/N-ethyl adjacent to an activating group) is 2. The van der Waals surface area contributed by atoms with Crippen LogP contribution in [0.25, 0.3) is 12.2 Å². The lowest BCUT2D eigenvalue weighted by molar-refractivity contribution is -0.937. The van der Waals surface area contributed by atoms with E-state index in [1.54, 1.807) is 48.6 Å². The van der Waals surface area contributed by atoms with Gasteiger partial charge in [0.2, 0.25) is 23.0 Å². The fourth-order valence-corrected chi connectivity index (χ4v) is 16.3. The Morgan fingerprint density at radius 2 is 1.04 bits per heavy atom. The Labute approximate surface area is 640 Å². The number of hydrogen-bond acceptors (Lipinski definition) is 24. The van der Waals surface area contributed by atoms with Crippen molar-refractivity contribution in [3.05, 3.63) is 174 Å². The maximum Gasteiger partial charge on any atom is 0.352 e. The largest absolute Gasteiger partial charge is 1.00 e. The molecule has 2 saturated heterocycles. The van der Waals surface area contributed by atoms with Crippen LogP contribution in [0.4, 0.5) is 10.3 Å². The molecule has 2 aromatic heterocycles. The molecular formula is C72H77BrClN10O18S4+. The van der Waals surface area contributed by atoms with Gasteiger partial charge in [0, 0.05) is 70.5 Å². The molecule has 0 spiro atoms. The Bertz CT molecular complexity index is 4650. The predicted molar refractivity (Wildman–Crippen MR) is 395 cm³/mol. The second-order valence-corrected chi connectivity index (χ2v) is 31.3. The van der Waals surface area contributed by atoms with Crippen molar-refractivity contribution in [2.75, 3.05) is 50.2 Å². The van der Waals surface area contributed by atoms with Crippen LogP contribution in [0.3, 0.4) is 0 Å². The van der Waals surface area contributed by atoms with Crippen LogP contribution in [0.15, 0.2) is 129 Å². The number of thioether (sulfide) groups is 2. The number of aromatic hydroxyl groups is 4. The summed E-state index contributed by atoms with van der Waals surface area (Å²) in [5, 5.41) is 86.9. The molecule has 28 nitrogen and oxygen atoms in total. The first-order chi connectivity index (χ1) is 49.6. The maximum absolute atomic E-state index is 13.5. The standard InChI is InChI=1S/C36H37N5O9S2.C26H25ClN4O7S2.C10H13NO2.BrH/c1-36(2,34(48)49)50-39-29(25-18-52-35(37)38-25)28(44)14-24-31(45)40-30(33(46)47)22(17-51-32(24)40)9-8-19-4-6-20(7-5-19)15-41(3)11-10-21-12-26(42)27(43)13-23(21)16-41;1-26(2,24(36)37)38-30-19(17-12-40-25(28)29-17)18(32)9-16-21(33)31-20(23(34)35)15(11-39-22(16)31)8-7-13-3-5-14(10-27)6-4-13;1-11-3-2-7-4-9(12)10(13)5-8(7)6-11;/h4-9,12-13,18,24,32H,10-11,14-17H2,1-3H3,(H5-,37,38,39,42,43,44,46,47,48,49);3-8,12,16,22H,9-11H2,1-2H3,(H2,28,29)(H,34,35)(H,36,37);4-5,12-13H,2-3,6H2,1H3;1H/p+1/b;8-7?,30-19-;;/t24-,32-,41?;16-,22-;;/m11../s1. The lowest BCUT2D eigenvalue weighted by atomic mass is 9.89. The first-order valence-electron chi connectivity index (χ1n) is 32.8. The molecule has 6 aromatic rings. The minimum Gasteiger partial charge on any atom is -1.00 e. The normalized spacial score (nSPS) is 20.6. The number of rotatable bonds is 23. The van der Waals surface area contributed by atoms with Gasteiger partial charge in [0.15, 0.2) is 56.3 Å². The summed E-state index contributed by atoms with van der Waals surface area (Å²) in [5.41, 5.74) is 16.4. The predicted octanol–water partition coefficient (Wildman–Crippen LogP) is 4.23. The van der Waals surface area contributed by atoms with Gasteiger partial charge in [-0.05, 0) is 90.9 Å². The van der Waals surface area contributed by atoms with Gasteiger partial charge < -0.3 is 88.4 Å². The number of carbonyl (C=O) groups is 8. The number of aliphatic carboxylic acids is 4. The van der Waals surface area contributed by atoms with Gasteiger partial charge in [-0.1, -0.05) is 83.1 Å². The number of hydrogen-bond donors (Lipinski definition) is 11. The summed E-state index contributed by atoms with van der Waals surface area (Å²) >= 11 is 10.6. The van der Waals surface area contributed by atoms with Crippen molar-refractivity contribution < 1.29 is 115 Å². The van der Waals surface area contributed by atoms with Crippen LogP contribution in [0, 0.1) is 11.8 Å². The molecule has 2 unspecified atom stereocenters. The van der Waals surface area contributed by atoms with Gasteiger partial charge in [-0.25, -0.2) is 29.1 Å². The molecule has 34 heteroatoms. The average Bonchev–Trinajstić information content (AvgIpc) is 0.740. The van der Waals surface area contributed by atoms with Gasteiger partial charge >= 0.3 is 23.9 Å². The molecule has 12 rings (SSSR count). The third-order valence-corrected chi connectivity index (χ3v) is 22.6. The molecule has 13 N–H and O–H groups in total. The minimum absolute atomic E-state index is 0. The number of carboxylic acid groups (broad SMARTS) is 4. The highest BCUT2D eigenvalue weighted by molar-refractivity contribution is 8.00. The fourth-order valence-electron chi connectivity index (χ4n) is 12.2. The van der Waals surface area contributed by atoms with E-state index in [2.05, 4.69) is 34.4 Å². The van der Waals surface area contributed by atoms with Crippen molar-refractivity contribution in [3.63, 3.8) is 0 Å². The number of ketones is 2. The van der Waals surface area contributed by atoms with E-state index in [0.717, 1.165) is 112 Å². The summed E-state index contributed by atoms with van der Waals surface area (Å²) in [6.07, 6.45) is 8.09. The molecular weight excluding hydrogens is 1540 g/mol. The average molecular weight is 1610 g/mol. The number of β-lactam (4-membered cyclic amide) rings is 2. The zero-order chi connectivity index (χ0) is 76.1. The Kier molecular flexibility index (Phi) is 25.4. The number of allylic oxidation sites excluding steroid dienone is 2. The number of nitrogen functional groups attached to an aromatic ring is 2.